The summed E-state index contributed by atoms with van der Waals surface area (Å²) in [5, 5.41) is 0. The van der Waals surface area contributed by atoms with Crippen molar-refractivity contribution in [1.29, 1.82) is 0 Å². The van der Waals surface area contributed by atoms with Crippen LogP contribution in [0.15, 0.2) is 0 Å². The fourth-order valence-electron chi connectivity index (χ4n) is 1.54. The van der Waals surface area contributed by atoms with Crippen LogP contribution in [0.4, 0.5) is 0 Å². The molecule has 0 rings (SSSR count). The predicted molar refractivity (Wildman–Crippen MR) is 70.8 cm³/mol. The summed E-state index contributed by atoms with van der Waals surface area (Å²) in [4.78, 5) is 13.5. The molecule has 0 saturated heterocycles. The second kappa shape index (κ2) is 9.42. The van der Waals surface area contributed by atoms with E-state index in [0.717, 1.165) is 12.8 Å². The molecule has 0 fully saturated rings. The molecule has 0 radical (unpaired) electrons. The summed E-state index contributed by atoms with van der Waals surface area (Å²) in [6.07, 6.45) is 2.75. The molecule has 0 heterocycles. The van der Waals surface area contributed by atoms with Gasteiger partial charge in [-0.2, -0.15) is 0 Å². The summed E-state index contributed by atoms with van der Waals surface area (Å²) in [5.74, 6) is 0.727. The van der Waals surface area contributed by atoms with E-state index in [4.69, 9.17) is 10.5 Å². The van der Waals surface area contributed by atoms with Crippen LogP contribution >= 0.6 is 0 Å². The van der Waals surface area contributed by atoms with Gasteiger partial charge in [-0.15, -0.1) is 0 Å². The third-order valence-electron chi connectivity index (χ3n) is 2.81. The van der Waals surface area contributed by atoms with Crippen LogP contribution in [0.25, 0.3) is 0 Å². The van der Waals surface area contributed by atoms with Crippen LogP contribution in [0.5, 0.6) is 0 Å². The molecule has 4 nitrogen and oxygen atoms in total. The quantitative estimate of drug-likeness (QED) is 0.671. The van der Waals surface area contributed by atoms with E-state index >= 15 is 0 Å². The van der Waals surface area contributed by atoms with E-state index in [1.54, 1.807) is 4.90 Å². The zero-order valence-corrected chi connectivity index (χ0v) is 11.7. The molecule has 0 aliphatic rings. The van der Waals surface area contributed by atoms with Gasteiger partial charge in [0.05, 0.1) is 12.7 Å². The highest BCUT2D eigenvalue weighted by molar-refractivity contribution is 5.75. The van der Waals surface area contributed by atoms with E-state index in [-0.39, 0.29) is 12.0 Å². The van der Waals surface area contributed by atoms with Crippen molar-refractivity contribution >= 4 is 5.91 Å². The van der Waals surface area contributed by atoms with Gasteiger partial charge in [0.1, 0.15) is 0 Å². The van der Waals surface area contributed by atoms with Crippen molar-refractivity contribution in [3.05, 3.63) is 0 Å². The lowest BCUT2D eigenvalue weighted by molar-refractivity contribution is -0.131. The first-order valence-corrected chi connectivity index (χ1v) is 6.53. The summed E-state index contributed by atoms with van der Waals surface area (Å²) in [6.45, 7) is 8.11. The second-order valence-corrected chi connectivity index (χ2v) is 4.96. The molecule has 1 atom stereocenters. The minimum atomic E-state index is 0.196. The minimum absolute atomic E-state index is 0.196. The number of hydrogen-bond acceptors (Lipinski definition) is 3. The highest BCUT2D eigenvalue weighted by Crippen LogP contribution is 2.10. The van der Waals surface area contributed by atoms with Crippen LogP contribution in [-0.4, -0.2) is 43.7 Å². The Kier molecular flexibility index (Phi) is 9.09. The Balaban J connectivity index is 3.67. The highest BCUT2D eigenvalue weighted by atomic mass is 16.5. The lowest BCUT2D eigenvalue weighted by Crippen LogP contribution is -2.30. The first-order valence-electron chi connectivity index (χ1n) is 6.53. The third kappa shape index (κ3) is 9.12. The fourth-order valence-corrected chi connectivity index (χ4v) is 1.54. The van der Waals surface area contributed by atoms with E-state index in [0.29, 0.717) is 32.0 Å². The van der Waals surface area contributed by atoms with Crippen LogP contribution < -0.4 is 5.73 Å². The molecule has 1 amide bonds. The first-order chi connectivity index (χ1) is 7.97. The number of nitrogens with two attached hydrogens (primary N) is 1. The van der Waals surface area contributed by atoms with Crippen LogP contribution in [0.3, 0.4) is 0 Å². The van der Waals surface area contributed by atoms with Gasteiger partial charge in [-0.3, -0.25) is 4.79 Å². The normalized spacial score (nSPS) is 12.8. The number of hydrogen-bond donors (Lipinski definition) is 1. The zero-order chi connectivity index (χ0) is 13.3. The van der Waals surface area contributed by atoms with Crippen LogP contribution in [0.1, 0.15) is 40.0 Å². The van der Waals surface area contributed by atoms with Gasteiger partial charge in [-0.25, -0.2) is 0 Å². The van der Waals surface area contributed by atoms with Gasteiger partial charge >= 0.3 is 0 Å². The molecule has 1 unspecified atom stereocenters. The Morgan fingerprint density at radius 3 is 2.47 bits per heavy atom. The Bertz CT molecular complexity index is 208. The lowest BCUT2D eigenvalue weighted by Gasteiger charge is -2.19. The molecule has 2 N–H and O–H groups in total. The molecular weight excluding hydrogens is 216 g/mol. The topological polar surface area (TPSA) is 55.6 Å². The number of nitrogens with zero attached hydrogens (tertiary/aromatic N) is 1. The van der Waals surface area contributed by atoms with E-state index in [1.165, 1.54) is 0 Å². The van der Waals surface area contributed by atoms with Crippen molar-refractivity contribution in [1.82, 2.24) is 4.90 Å². The van der Waals surface area contributed by atoms with Gasteiger partial charge in [0.15, 0.2) is 0 Å². The minimum Gasteiger partial charge on any atom is -0.377 e. The van der Waals surface area contributed by atoms with Crippen LogP contribution in [-0.2, 0) is 9.53 Å². The maximum absolute atomic E-state index is 11.8. The van der Waals surface area contributed by atoms with E-state index in [1.807, 2.05) is 20.9 Å². The zero-order valence-electron chi connectivity index (χ0n) is 11.7. The molecule has 4 heteroatoms. The Morgan fingerprint density at radius 2 is 1.94 bits per heavy atom. The largest absolute Gasteiger partial charge is 0.377 e. The number of carbonyl (C=O) groups excluding carboxylic acids is 1. The molecule has 0 aliphatic carbocycles. The monoisotopic (exact) mass is 244 g/mol. The molecule has 0 bridgehead atoms. The van der Waals surface area contributed by atoms with Crippen LogP contribution in [0, 0.1) is 5.92 Å². The predicted octanol–water partition coefficient (Wildman–Crippen LogP) is 1.63. The Labute approximate surface area is 105 Å². The average molecular weight is 244 g/mol. The second-order valence-electron chi connectivity index (χ2n) is 4.96. The molecule has 0 spiro atoms. The van der Waals surface area contributed by atoms with Crippen molar-refractivity contribution < 1.29 is 9.53 Å². The Hall–Kier alpha value is -0.610. The maximum Gasteiger partial charge on any atom is 0.222 e. The smallest absolute Gasteiger partial charge is 0.222 e. The molecule has 0 aromatic carbocycles. The average Bonchev–Trinajstić information content (AvgIpc) is 2.25. The number of ether oxygens (including phenoxy) is 1. The van der Waals surface area contributed by atoms with E-state index in [9.17, 15) is 4.79 Å². The number of amides is 1. The number of carbonyl (C=O) groups is 1. The SMILES string of the molecule is CC(CCN)CCC(=O)N(C)CCOC(C)C. The van der Waals surface area contributed by atoms with Crippen molar-refractivity contribution in [3.63, 3.8) is 0 Å². The summed E-state index contributed by atoms with van der Waals surface area (Å²) in [6, 6.07) is 0. The van der Waals surface area contributed by atoms with Gasteiger partial charge in [0.25, 0.3) is 0 Å². The van der Waals surface area contributed by atoms with Crippen molar-refractivity contribution in [2.24, 2.45) is 11.7 Å². The fraction of sp³-hybridized carbons (Fsp3) is 0.923. The molecular formula is C13H28N2O2. The van der Waals surface area contributed by atoms with Gasteiger partial charge in [0.2, 0.25) is 5.91 Å². The van der Waals surface area contributed by atoms with Crippen molar-refractivity contribution in [2.75, 3.05) is 26.7 Å². The van der Waals surface area contributed by atoms with Crippen LogP contribution in [0.2, 0.25) is 0 Å². The maximum atomic E-state index is 11.8. The third-order valence-corrected chi connectivity index (χ3v) is 2.81. The molecule has 102 valence electrons. The molecule has 17 heavy (non-hydrogen) atoms. The summed E-state index contributed by atoms with van der Waals surface area (Å²) in [7, 11) is 1.83. The lowest BCUT2D eigenvalue weighted by atomic mass is 10.0. The Morgan fingerprint density at radius 1 is 1.29 bits per heavy atom. The number of rotatable bonds is 9. The molecule has 0 saturated carbocycles. The standard InChI is InChI=1S/C13H28N2O2/c1-11(2)17-10-9-15(4)13(16)6-5-12(3)7-8-14/h11-12H,5-10,14H2,1-4H3. The summed E-state index contributed by atoms with van der Waals surface area (Å²) >= 11 is 0. The van der Waals surface area contributed by atoms with Crippen molar-refractivity contribution in [2.45, 2.75) is 46.1 Å². The molecule has 0 aliphatic heterocycles. The molecule has 0 aromatic rings. The van der Waals surface area contributed by atoms with Gasteiger partial charge < -0.3 is 15.4 Å². The van der Waals surface area contributed by atoms with Gasteiger partial charge in [-0.05, 0) is 39.2 Å². The first kappa shape index (κ1) is 16.4. The summed E-state index contributed by atoms with van der Waals surface area (Å²) < 4.78 is 5.42. The summed E-state index contributed by atoms with van der Waals surface area (Å²) in [5.41, 5.74) is 5.48. The van der Waals surface area contributed by atoms with Gasteiger partial charge in [0, 0.05) is 20.0 Å². The highest BCUT2D eigenvalue weighted by Gasteiger charge is 2.10. The van der Waals surface area contributed by atoms with E-state index < -0.39 is 0 Å². The number of likely N-dealkylation sites (N-methyl/N-ethyl adjacent to an activating group) is 1. The van der Waals surface area contributed by atoms with E-state index in [2.05, 4.69) is 6.92 Å². The molecule has 0 aromatic heterocycles. The van der Waals surface area contributed by atoms with Gasteiger partial charge in [-0.1, -0.05) is 6.92 Å². The van der Waals surface area contributed by atoms with Crippen molar-refractivity contribution in [3.8, 4) is 0 Å².